The summed E-state index contributed by atoms with van der Waals surface area (Å²) in [6.45, 7) is 8.84. The van der Waals surface area contributed by atoms with Gasteiger partial charge in [-0.15, -0.1) is 11.3 Å². The van der Waals surface area contributed by atoms with Crippen LogP contribution in [0.15, 0.2) is 48.0 Å². The highest BCUT2D eigenvalue weighted by Gasteiger charge is 2.22. The molecule has 3 aromatic rings. The lowest BCUT2D eigenvalue weighted by atomic mass is 10.1. The third-order valence-corrected chi connectivity index (χ3v) is 5.91. The van der Waals surface area contributed by atoms with Crippen LogP contribution in [0.2, 0.25) is 0 Å². The van der Waals surface area contributed by atoms with Gasteiger partial charge < -0.3 is 4.90 Å². The van der Waals surface area contributed by atoms with Crippen molar-refractivity contribution in [2.75, 3.05) is 31.1 Å². The number of hydrogen-bond donors (Lipinski definition) is 0. The van der Waals surface area contributed by atoms with E-state index < -0.39 is 0 Å². The number of anilines is 1. The van der Waals surface area contributed by atoms with Gasteiger partial charge in [-0.2, -0.15) is 0 Å². The summed E-state index contributed by atoms with van der Waals surface area (Å²) < 4.78 is 1.27. The zero-order valence-electron chi connectivity index (χ0n) is 14.3. The number of rotatable bonds is 3. The quantitative estimate of drug-likeness (QED) is 0.702. The van der Waals surface area contributed by atoms with Crippen molar-refractivity contribution < 1.29 is 0 Å². The van der Waals surface area contributed by atoms with Crippen LogP contribution >= 0.6 is 11.3 Å². The second-order valence-electron chi connectivity index (χ2n) is 6.61. The van der Waals surface area contributed by atoms with Crippen LogP contribution in [0.1, 0.15) is 24.1 Å². The molecule has 0 spiro atoms. The Labute approximate surface area is 147 Å². The van der Waals surface area contributed by atoms with E-state index in [9.17, 15) is 0 Å². The molecule has 24 heavy (non-hydrogen) atoms. The van der Waals surface area contributed by atoms with Crippen molar-refractivity contribution in [3.63, 3.8) is 0 Å². The van der Waals surface area contributed by atoms with Gasteiger partial charge in [-0.25, -0.2) is 4.98 Å². The number of aromatic nitrogens is 1. The molecule has 1 aromatic heterocycles. The van der Waals surface area contributed by atoms with E-state index in [-0.39, 0.29) is 0 Å². The minimum atomic E-state index is 0.441. The molecule has 1 unspecified atom stereocenters. The molecule has 124 valence electrons. The maximum atomic E-state index is 4.46. The number of fused-ring (bicyclic) bond motifs is 1. The van der Waals surface area contributed by atoms with E-state index in [0.29, 0.717) is 6.04 Å². The summed E-state index contributed by atoms with van der Waals surface area (Å²) in [5, 5.41) is 0. The standard InChI is InChI=1S/C20H23N3S/c1-15-3-6-18(7-4-15)23-11-9-22(10-12-23)16(2)17-5-8-20-19(13-17)21-14-24-20/h3-8,13-14,16H,9-12H2,1-2H3. The average Bonchev–Trinajstić information content (AvgIpc) is 3.09. The van der Waals surface area contributed by atoms with Crippen LogP contribution in [0, 0.1) is 6.92 Å². The van der Waals surface area contributed by atoms with Gasteiger partial charge in [0.1, 0.15) is 0 Å². The highest BCUT2D eigenvalue weighted by Crippen LogP contribution is 2.27. The van der Waals surface area contributed by atoms with Crippen molar-refractivity contribution in [1.29, 1.82) is 0 Å². The fourth-order valence-corrected chi connectivity index (χ4v) is 4.13. The molecule has 0 bridgehead atoms. The fourth-order valence-electron chi connectivity index (χ4n) is 3.47. The lowest BCUT2D eigenvalue weighted by Gasteiger charge is -2.39. The molecule has 0 amide bonds. The molecule has 2 heterocycles. The minimum Gasteiger partial charge on any atom is -0.369 e. The number of nitrogens with zero attached hydrogens (tertiary/aromatic N) is 3. The van der Waals surface area contributed by atoms with E-state index in [0.717, 1.165) is 31.7 Å². The van der Waals surface area contributed by atoms with Gasteiger partial charge in [0.15, 0.2) is 0 Å². The molecule has 3 nitrogen and oxygen atoms in total. The lowest BCUT2D eigenvalue weighted by Crippen LogP contribution is -2.47. The summed E-state index contributed by atoms with van der Waals surface area (Å²) in [6, 6.07) is 16.0. The van der Waals surface area contributed by atoms with Gasteiger partial charge >= 0.3 is 0 Å². The number of benzene rings is 2. The molecule has 1 atom stereocenters. The molecule has 0 saturated carbocycles. The number of piperazine rings is 1. The third kappa shape index (κ3) is 3.04. The second kappa shape index (κ2) is 6.54. The molecule has 1 aliphatic heterocycles. The lowest BCUT2D eigenvalue weighted by molar-refractivity contribution is 0.198. The molecule has 4 rings (SSSR count). The van der Waals surface area contributed by atoms with Crippen molar-refractivity contribution in [1.82, 2.24) is 9.88 Å². The zero-order valence-corrected chi connectivity index (χ0v) is 15.1. The van der Waals surface area contributed by atoms with Crippen molar-refractivity contribution in [3.8, 4) is 0 Å². The first-order chi connectivity index (χ1) is 11.7. The Hall–Kier alpha value is -1.91. The first-order valence-electron chi connectivity index (χ1n) is 8.59. The van der Waals surface area contributed by atoms with E-state index in [1.54, 1.807) is 11.3 Å². The Morgan fingerprint density at radius 1 is 1.00 bits per heavy atom. The van der Waals surface area contributed by atoms with Crippen molar-refractivity contribution in [3.05, 3.63) is 59.1 Å². The van der Waals surface area contributed by atoms with E-state index in [4.69, 9.17) is 0 Å². The van der Waals surface area contributed by atoms with E-state index in [1.807, 2.05) is 5.51 Å². The summed E-state index contributed by atoms with van der Waals surface area (Å²) in [7, 11) is 0. The number of aryl methyl sites for hydroxylation is 1. The summed E-state index contributed by atoms with van der Waals surface area (Å²) in [5.74, 6) is 0. The minimum absolute atomic E-state index is 0.441. The maximum absolute atomic E-state index is 4.46. The smallest absolute Gasteiger partial charge is 0.0815 e. The van der Waals surface area contributed by atoms with Gasteiger partial charge in [0.2, 0.25) is 0 Å². The molecule has 1 saturated heterocycles. The third-order valence-electron chi connectivity index (χ3n) is 5.10. The van der Waals surface area contributed by atoms with Gasteiger partial charge in [0, 0.05) is 37.9 Å². The molecule has 1 aliphatic rings. The summed E-state index contributed by atoms with van der Waals surface area (Å²) in [6.07, 6.45) is 0. The van der Waals surface area contributed by atoms with Gasteiger partial charge in [0.05, 0.1) is 15.7 Å². The summed E-state index contributed by atoms with van der Waals surface area (Å²) in [4.78, 5) is 9.53. The van der Waals surface area contributed by atoms with Gasteiger partial charge in [-0.1, -0.05) is 23.8 Å². The average molecular weight is 337 g/mol. The van der Waals surface area contributed by atoms with E-state index in [1.165, 1.54) is 21.5 Å². The Morgan fingerprint density at radius 3 is 2.50 bits per heavy atom. The Bertz CT molecular complexity index is 816. The SMILES string of the molecule is Cc1ccc(N2CCN(C(C)c3ccc4scnc4c3)CC2)cc1. The molecular formula is C20H23N3S. The molecule has 0 aliphatic carbocycles. The van der Waals surface area contributed by atoms with E-state index >= 15 is 0 Å². The highest BCUT2D eigenvalue weighted by molar-refractivity contribution is 7.16. The fraction of sp³-hybridized carbons (Fsp3) is 0.350. The topological polar surface area (TPSA) is 19.4 Å². The van der Waals surface area contributed by atoms with Gasteiger partial charge in [-0.3, -0.25) is 4.90 Å². The van der Waals surface area contributed by atoms with Crippen LogP contribution < -0.4 is 4.90 Å². The largest absolute Gasteiger partial charge is 0.369 e. The van der Waals surface area contributed by atoms with Gasteiger partial charge in [0.25, 0.3) is 0 Å². The van der Waals surface area contributed by atoms with Crippen molar-refractivity contribution in [2.24, 2.45) is 0 Å². The maximum Gasteiger partial charge on any atom is 0.0815 e. The Balaban J connectivity index is 1.43. The molecule has 4 heteroatoms. The molecule has 1 fully saturated rings. The van der Waals surface area contributed by atoms with Crippen molar-refractivity contribution >= 4 is 27.2 Å². The van der Waals surface area contributed by atoms with Crippen LogP contribution in [0.4, 0.5) is 5.69 Å². The summed E-state index contributed by atoms with van der Waals surface area (Å²) >= 11 is 1.71. The van der Waals surface area contributed by atoms with Crippen LogP contribution in [0.5, 0.6) is 0 Å². The van der Waals surface area contributed by atoms with Crippen LogP contribution in [-0.2, 0) is 0 Å². The first-order valence-corrected chi connectivity index (χ1v) is 9.47. The Morgan fingerprint density at radius 2 is 1.75 bits per heavy atom. The Kier molecular flexibility index (Phi) is 4.25. The summed E-state index contributed by atoms with van der Waals surface area (Å²) in [5.41, 5.74) is 7.10. The molecular weight excluding hydrogens is 314 g/mol. The molecule has 0 N–H and O–H groups in total. The normalized spacial score (nSPS) is 17.3. The van der Waals surface area contributed by atoms with Gasteiger partial charge in [-0.05, 0) is 43.7 Å². The van der Waals surface area contributed by atoms with Crippen LogP contribution in [0.3, 0.4) is 0 Å². The predicted molar refractivity (Wildman–Crippen MR) is 103 cm³/mol. The van der Waals surface area contributed by atoms with Crippen LogP contribution in [-0.4, -0.2) is 36.1 Å². The molecule has 0 radical (unpaired) electrons. The molecule has 2 aromatic carbocycles. The van der Waals surface area contributed by atoms with Crippen LogP contribution in [0.25, 0.3) is 10.2 Å². The number of hydrogen-bond acceptors (Lipinski definition) is 4. The van der Waals surface area contributed by atoms with Crippen molar-refractivity contribution in [2.45, 2.75) is 19.9 Å². The number of thiazole rings is 1. The predicted octanol–water partition coefficient (Wildman–Crippen LogP) is 4.49. The highest BCUT2D eigenvalue weighted by atomic mass is 32.1. The zero-order chi connectivity index (χ0) is 16.5. The van der Waals surface area contributed by atoms with E-state index in [2.05, 4.69) is 71.1 Å². The second-order valence-corrected chi connectivity index (χ2v) is 7.50. The first kappa shape index (κ1) is 15.6. The monoisotopic (exact) mass is 337 g/mol.